The number of amides is 1. The summed E-state index contributed by atoms with van der Waals surface area (Å²) in [4.78, 5) is 14.7. The van der Waals surface area contributed by atoms with Crippen LogP contribution < -0.4 is 0 Å². The van der Waals surface area contributed by atoms with E-state index in [1.165, 1.54) is 32.4 Å². The van der Waals surface area contributed by atoms with Crippen molar-refractivity contribution in [2.75, 3.05) is 39.3 Å². The molecule has 2 rings (SSSR count). The zero-order valence-corrected chi connectivity index (χ0v) is 9.15. The lowest BCUT2D eigenvalue weighted by atomic mass is 10.1. The second-order valence-electron chi connectivity index (χ2n) is 4.39. The predicted octanol–water partition coefficient (Wildman–Crippen LogP) is 0.240. The van der Waals surface area contributed by atoms with E-state index in [0.29, 0.717) is 19.7 Å². The Kier molecular flexibility index (Phi) is 3.97. The molecular weight excluding hydrogens is 192 g/mol. The molecule has 0 N–H and O–H groups in total. The van der Waals surface area contributed by atoms with E-state index in [9.17, 15) is 4.79 Å². The summed E-state index contributed by atoms with van der Waals surface area (Å²) in [6.07, 6.45) is 6.11. The van der Waals surface area contributed by atoms with Crippen molar-refractivity contribution in [2.24, 2.45) is 0 Å². The maximum atomic E-state index is 10.5. The van der Waals surface area contributed by atoms with Crippen LogP contribution in [-0.2, 0) is 9.53 Å². The third kappa shape index (κ3) is 3.18. The molecule has 1 amide bonds. The minimum absolute atomic E-state index is 0.193. The van der Waals surface area contributed by atoms with Gasteiger partial charge in [0.05, 0.1) is 12.7 Å². The third-order valence-corrected chi connectivity index (χ3v) is 3.18. The Hall–Kier alpha value is -0.610. The van der Waals surface area contributed by atoms with Crippen molar-refractivity contribution in [3.8, 4) is 0 Å². The molecule has 2 heterocycles. The van der Waals surface area contributed by atoms with Gasteiger partial charge < -0.3 is 14.5 Å². The van der Waals surface area contributed by atoms with Crippen LogP contribution in [0.25, 0.3) is 0 Å². The highest BCUT2D eigenvalue weighted by Crippen LogP contribution is 2.11. The zero-order valence-electron chi connectivity index (χ0n) is 9.15. The summed E-state index contributed by atoms with van der Waals surface area (Å²) in [5.41, 5.74) is 0. The molecule has 2 saturated heterocycles. The summed E-state index contributed by atoms with van der Waals surface area (Å²) in [6.45, 7) is 5.40. The van der Waals surface area contributed by atoms with Gasteiger partial charge in [0.25, 0.3) is 0 Å². The molecule has 85 valence electrons. The maximum absolute atomic E-state index is 10.5. The number of nitrogens with zero attached hydrogens (tertiary/aromatic N) is 2. The number of carbonyl (C=O) groups excluding carboxylic acids is 1. The average Bonchev–Trinajstić information content (AvgIpc) is 2.31. The normalized spacial score (nSPS) is 29.1. The lowest BCUT2D eigenvalue weighted by Crippen LogP contribution is -2.47. The Labute approximate surface area is 91.2 Å². The average molecular weight is 211 g/mol. The molecule has 0 bridgehead atoms. The first-order valence-corrected chi connectivity index (χ1v) is 5.85. The number of piperidine rings is 1. The molecule has 0 aromatic heterocycles. The summed E-state index contributed by atoms with van der Waals surface area (Å²) < 4.78 is 5.65. The SMILES string of the molecule is O=[C]N1CCOC(CN2CCCCC2)C1. The molecule has 0 aromatic rings. The molecular formula is C11H19N2O2. The molecule has 1 radical (unpaired) electrons. The first-order chi connectivity index (χ1) is 7.38. The van der Waals surface area contributed by atoms with Crippen molar-refractivity contribution in [2.45, 2.75) is 25.4 Å². The van der Waals surface area contributed by atoms with Gasteiger partial charge in [-0.25, -0.2) is 0 Å². The van der Waals surface area contributed by atoms with E-state index in [4.69, 9.17) is 4.74 Å². The fourth-order valence-electron chi connectivity index (χ4n) is 2.34. The molecule has 0 spiro atoms. The van der Waals surface area contributed by atoms with Crippen molar-refractivity contribution in [1.29, 1.82) is 0 Å². The second kappa shape index (κ2) is 5.47. The molecule has 4 heteroatoms. The van der Waals surface area contributed by atoms with Gasteiger partial charge in [0.15, 0.2) is 0 Å². The van der Waals surface area contributed by atoms with Gasteiger partial charge in [-0.15, -0.1) is 0 Å². The molecule has 2 aliphatic rings. The first-order valence-electron chi connectivity index (χ1n) is 5.85. The summed E-state index contributed by atoms with van der Waals surface area (Å²) in [5, 5.41) is 0. The maximum Gasteiger partial charge on any atom is 0.312 e. The Morgan fingerprint density at radius 2 is 2.00 bits per heavy atom. The molecule has 1 atom stereocenters. The first kappa shape index (κ1) is 10.9. The van der Waals surface area contributed by atoms with Crippen LogP contribution in [0.5, 0.6) is 0 Å². The summed E-state index contributed by atoms with van der Waals surface area (Å²) >= 11 is 0. The Morgan fingerprint density at radius 1 is 1.20 bits per heavy atom. The van der Waals surface area contributed by atoms with Gasteiger partial charge in [-0.2, -0.15) is 0 Å². The molecule has 0 saturated carbocycles. The standard InChI is InChI=1S/C11H19N2O2/c14-10-13-6-7-15-11(9-13)8-12-4-2-1-3-5-12/h11H,1-9H2. The Morgan fingerprint density at radius 3 is 2.73 bits per heavy atom. The number of morpholine rings is 1. The Balaban J connectivity index is 1.75. The highest BCUT2D eigenvalue weighted by Gasteiger charge is 2.22. The summed E-state index contributed by atoms with van der Waals surface area (Å²) in [7, 11) is 0. The van der Waals surface area contributed by atoms with E-state index >= 15 is 0 Å². The van der Waals surface area contributed by atoms with E-state index in [1.54, 1.807) is 4.90 Å². The third-order valence-electron chi connectivity index (χ3n) is 3.18. The van der Waals surface area contributed by atoms with Gasteiger partial charge >= 0.3 is 6.41 Å². The lowest BCUT2D eigenvalue weighted by Gasteiger charge is -2.35. The number of hydrogen-bond donors (Lipinski definition) is 0. The summed E-state index contributed by atoms with van der Waals surface area (Å²) in [6, 6.07) is 0. The van der Waals surface area contributed by atoms with Crippen LogP contribution in [0.3, 0.4) is 0 Å². The van der Waals surface area contributed by atoms with Crippen molar-refractivity contribution < 1.29 is 9.53 Å². The number of rotatable bonds is 3. The molecule has 1 unspecified atom stereocenters. The van der Waals surface area contributed by atoms with E-state index in [-0.39, 0.29) is 6.10 Å². The van der Waals surface area contributed by atoms with Gasteiger partial charge in [-0.3, -0.25) is 4.79 Å². The second-order valence-corrected chi connectivity index (χ2v) is 4.39. The fraction of sp³-hybridized carbons (Fsp3) is 0.909. The predicted molar refractivity (Wildman–Crippen MR) is 57.3 cm³/mol. The van der Waals surface area contributed by atoms with Gasteiger partial charge in [0.1, 0.15) is 0 Å². The monoisotopic (exact) mass is 211 g/mol. The van der Waals surface area contributed by atoms with Gasteiger partial charge in [0.2, 0.25) is 0 Å². The van der Waals surface area contributed by atoms with E-state index in [2.05, 4.69) is 4.90 Å². The van der Waals surface area contributed by atoms with Gasteiger partial charge in [0, 0.05) is 19.6 Å². The number of hydrogen-bond acceptors (Lipinski definition) is 3. The largest absolute Gasteiger partial charge is 0.373 e. The number of ether oxygens (including phenoxy) is 1. The molecule has 0 aromatic carbocycles. The number of likely N-dealkylation sites (tertiary alicyclic amines) is 1. The highest BCUT2D eigenvalue weighted by atomic mass is 16.5. The fourth-order valence-corrected chi connectivity index (χ4v) is 2.34. The topological polar surface area (TPSA) is 32.8 Å². The quantitative estimate of drug-likeness (QED) is 0.670. The van der Waals surface area contributed by atoms with Crippen molar-refractivity contribution in [3.05, 3.63) is 0 Å². The van der Waals surface area contributed by atoms with Crippen LogP contribution in [-0.4, -0.2) is 61.6 Å². The van der Waals surface area contributed by atoms with Crippen molar-refractivity contribution in [3.63, 3.8) is 0 Å². The van der Waals surface area contributed by atoms with Gasteiger partial charge in [-0.1, -0.05) is 6.42 Å². The van der Waals surface area contributed by atoms with E-state index < -0.39 is 0 Å². The van der Waals surface area contributed by atoms with Crippen LogP contribution in [0.15, 0.2) is 0 Å². The molecule has 0 aliphatic carbocycles. The summed E-state index contributed by atoms with van der Waals surface area (Å²) in [5.74, 6) is 0. The van der Waals surface area contributed by atoms with Crippen LogP contribution in [0.4, 0.5) is 0 Å². The molecule has 2 fully saturated rings. The van der Waals surface area contributed by atoms with E-state index in [1.807, 2.05) is 6.41 Å². The highest BCUT2D eigenvalue weighted by molar-refractivity contribution is 5.48. The van der Waals surface area contributed by atoms with Crippen molar-refractivity contribution in [1.82, 2.24) is 9.80 Å². The molecule has 2 aliphatic heterocycles. The van der Waals surface area contributed by atoms with Gasteiger partial charge in [-0.05, 0) is 25.9 Å². The minimum Gasteiger partial charge on any atom is -0.373 e. The van der Waals surface area contributed by atoms with Crippen LogP contribution in [0.2, 0.25) is 0 Å². The van der Waals surface area contributed by atoms with E-state index in [0.717, 1.165) is 6.54 Å². The Bertz CT molecular complexity index is 205. The van der Waals surface area contributed by atoms with Crippen LogP contribution >= 0.6 is 0 Å². The smallest absolute Gasteiger partial charge is 0.312 e. The molecule has 15 heavy (non-hydrogen) atoms. The molecule has 4 nitrogen and oxygen atoms in total. The lowest BCUT2D eigenvalue weighted by molar-refractivity contribution is -0.0264. The van der Waals surface area contributed by atoms with Crippen molar-refractivity contribution >= 4 is 6.41 Å². The minimum atomic E-state index is 0.193. The zero-order chi connectivity index (χ0) is 10.5. The van der Waals surface area contributed by atoms with Crippen LogP contribution in [0, 0.1) is 0 Å². The van der Waals surface area contributed by atoms with Crippen LogP contribution in [0.1, 0.15) is 19.3 Å².